The van der Waals surface area contributed by atoms with Crippen LogP contribution >= 0.6 is 29.1 Å². The van der Waals surface area contributed by atoms with Crippen molar-refractivity contribution in [2.45, 2.75) is 0 Å². The predicted molar refractivity (Wildman–Crippen MR) is 165 cm³/mol. The van der Waals surface area contributed by atoms with E-state index in [1.807, 2.05) is 0 Å². The number of rotatable bonds is 9. The lowest BCUT2D eigenvalue weighted by Gasteiger charge is -2.32. The average molecular weight is 521 g/mol. The van der Waals surface area contributed by atoms with E-state index in [4.69, 9.17) is 0 Å². The Kier molecular flexibility index (Phi) is 8.73. The van der Waals surface area contributed by atoms with Crippen LogP contribution in [0.15, 0.2) is 121 Å². The van der Waals surface area contributed by atoms with Gasteiger partial charge in [-0.1, -0.05) is 121 Å². The predicted octanol–water partition coefficient (Wildman–Crippen LogP) is 7.64. The van der Waals surface area contributed by atoms with Crippen LogP contribution in [0.3, 0.4) is 0 Å². The average Bonchev–Trinajstić information content (AvgIpc) is 2.86. The second kappa shape index (κ2) is 11.6. The molecule has 4 rings (SSSR count). The van der Waals surface area contributed by atoms with E-state index < -0.39 is 13.9 Å². The zero-order valence-corrected chi connectivity index (χ0v) is 24.3. The summed E-state index contributed by atoms with van der Waals surface area (Å²) in [6.07, 6.45) is 2.70. The van der Waals surface area contributed by atoms with Crippen LogP contribution < -0.4 is 21.2 Å². The van der Waals surface area contributed by atoms with Gasteiger partial charge in [-0.05, 0) is 0 Å². The van der Waals surface area contributed by atoms with Crippen LogP contribution in [0.2, 0.25) is 0 Å². The molecule has 0 N–H and O–H groups in total. The normalized spacial score (nSPS) is 12.3. The molecule has 0 saturated carbocycles. The fourth-order valence-electron chi connectivity index (χ4n) is 4.51. The molecule has 4 aromatic carbocycles. The molecule has 0 amide bonds. The van der Waals surface area contributed by atoms with Crippen molar-refractivity contribution in [2.75, 3.05) is 39.0 Å². The van der Waals surface area contributed by atoms with Gasteiger partial charge in [0.25, 0.3) is 0 Å². The van der Waals surface area contributed by atoms with Gasteiger partial charge in [-0.3, -0.25) is 0 Å². The quantitative estimate of drug-likeness (QED) is 0.199. The van der Waals surface area contributed by atoms with Gasteiger partial charge in [0.05, 0.1) is 39.0 Å². The Morgan fingerprint density at radius 2 is 0.588 bits per heavy atom. The summed E-state index contributed by atoms with van der Waals surface area (Å²) in [4.78, 5) is 0. The largest absolute Gasteiger partial charge is 0.118 e. The Balaban J connectivity index is 1.65. The van der Waals surface area contributed by atoms with Crippen molar-refractivity contribution in [1.82, 2.24) is 0 Å². The molecule has 0 aliphatic heterocycles. The second-order valence-corrected chi connectivity index (χ2v) is 29.2. The minimum atomic E-state index is -1.21. The van der Waals surface area contributed by atoms with Gasteiger partial charge in [0, 0.05) is 35.1 Å². The minimum absolute atomic E-state index is 0.339. The summed E-state index contributed by atoms with van der Waals surface area (Å²) in [6.45, 7) is 8.04. The Bertz CT molecular complexity index is 970. The summed E-state index contributed by atoms with van der Waals surface area (Å²) in [5.41, 5.74) is 0. The lowest BCUT2D eigenvalue weighted by Crippen LogP contribution is -2.19. The molecule has 0 fully saturated rings. The van der Waals surface area contributed by atoms with Gasteiger partial charge in [-0.2, -0.15) is 0 Å². The first-order valence-electron chi connectivity index (χ1n) is 11.9. The highest BCUT2D eigenvalue weighted by Gasteiger charge is 2.46. The van der Waals surface area contributed by atoms with Gasteiger partial charge < -0.3 is 0 Å². The number of hydrogen-bond acceptors (Lipinski definition) is 0. The SMILES string of the molecule is C[P+](C)(CC[P+](C)(C)P(c1ccccc1)c1ccccc1)P(c1ccccc1)c1ccccc1. The molecule has 0 spiro atoms. The first-order chi connectivity index (χ1) is 16.4. The summed E-state index contributed by atoms with van der Waals surface area (Å²) < 4.78 is 0. The third kappa shape index (κ3) is 6.23. The monoisotopic (exact) mass is 520 g/mol. The van der Waals surface area contributed by atoms with E-state index in [-0.39, 0.29) is 15.2 Å². The maximum atomic E-state index is 2.62. The van der Waals surface area contributed by atoms with Crippen LogP contribution in [0.5, 0.6) is 0 Å². The molecule has 0 heterocycles. The van der Waals surface area contributed by atoms with Gasteiger partial charge in [0.15, 0.2) is 0 Å². The third-order valence-corrected chi connectivity index (χ3v) is 25.1. The lowest BCUT2D eigenvalue weighted by molar-refractivity contribution is 1.48. The summed E-state index contributed by atoms with van der Waals surface area (Å²) >= 11 is 0. The Labute approximate surface area is 210 Å². The molecule has 0 aromatic heterocycles. The smallest absolute Gasteiger partial charge is 0.0622 e. The summed E-state index contributed by atoms with van der Waals surface area (Å²) in [7, 11) is -0.678. The van der Waals surface area contributed by atoms with Gasteiger partial charge in [0.1, 0.15) is 15.2 Å². The van der Waals surface area contributed by atoms with E-state index in [0.29, 0.717) is 0 Å². The molecular weight excluding hydrogens is 484 g/mol. The summed E-state index contributed by atoms with van der Waals surface area (Å²) in [5.74, 6) is 0. The molecule has 4 heteroatoms. The molecule has 174 valence electrons. The van der Waals surface area contributed by atoms with Crippen molar-refractivity contribution in [1.29, 1.82) is 0 Å². The minimum Gasteiger partial charge on any atom is -0.0622 e. The molecule has 4 aromatic rings. The van der Waals surface area contributed by atoms with Gasteiger partial charge in [-0.15, -0.1) is 0 Å². The van der Waals surface area contributed by atoms with E-state index in [1.165, 1.54) is 33.5 Å². The summed E-state index contributed by atoms with van der Waals surface area (Å²) in [6, 6.07) is 45.2. The highest BCUT2D eigenvalue weighted by molar-refractivity contribution is 8.45. The third-order valence-electron chi connectivity index (χ3n) is 6.28. The van der Waals surface area contributed by atoms with Crippen molar-refractivity contribution < 1.29 is 0 Å². The Morgan fingerprint density at radius 3 is 0.794 bits per heavy atom. The van der Waals surface area contributed by atoms with Crippen molar-refractivity contribution >= 4 is 50.3 Å². The lowest BCUT2D eigenvalue weighted by atomic mass is 10.4. The zero-order chi connectivity index (χ0) is 24.0. The van der Waals surface area contributed by atoms with Crippen LogP contribution in [0.25, 0.3) is 0 Å². The zero-order valence-electron chi connectivity index (χ0n) is 20.8. The molecule has 34 heavy (non-hydrogen) atoms. The topological polar surface area (TPSA) is 0 Å². The van der Waals surface area contributed by atoms with E-state index in [9.17, 15) is 0 Å². The molecule has 0 aliphatic rings. The molecular formula is C30H36P4+2. The van der Waals surface area contributed by atoms with Crippen LogP contribution in [-0.2, 0) is 0 Å². The molecule has 0 nitrogen and oxygen atoms in total. The van der Waals surface area contributed by atoms with Crippen molar-refractivity contribution in [2.24, 2.45) is 0 Å². The first-order valence-corrected chi connectivity index (χ1v) is 21.7. The van der Waals surface area contributed by atoms with E-state index in [2.05, 4.69) is 148 Å². The fraction of sp³-hybridized carbons (Fsp3) is 0.200. The van der Waals surface area contributed by atoms with Crippen LogP contribution in [0.1, 0.15) is 0 Å². The molecule has 0 atom stereocenters. The maximum absolute atomic E-state index is 2.62. The first kappa shape index (κ1) is 25.7. The Hall–Kier alpha value is -1.40. The highest BCUT2D eigenvalue weighted by atomic mass is 32.1. The van der Waals surface area contributed by atoms with E-state index in [0.717, 1.165) is 0 Å². The second-order valence-electron chi connectivity index (χ2n) is 9.66. The van der Waals surface area contributed by atoms with Gasteiger partial charge >= 0.3 is 0 Å². The van der Waals surface area contributed by atoms with Crippen molar-refractivity contribution in [3.63, 3.8) is 0 Å². The van der Waals surface area contributed by atoms with Gasteiger partial charge in [0.2, 0.25) is 0 Å². The van der Waals surface area contributed by atoms with E-state index >= 15 is 0 Å². The van der Waals surface area contributed by atoms with Crippen LogP contribution in [0, 0.1) is 0 Å². The number of benzene rings is 4. The standard InChI is InChI=1S/C30H36P4/c1-33(2,31(27-17-9-5-10-18-27)28-19-11-6-12-20-28)25-26-34(3,4)32(29-21-13-7-14-22-29)30-23-15-8-16-24-30/h5-24H,25-26H2,1-4H3/q+2. The van der Waals surface area contributed by atoms with Crippen LogP contribution in [0.4, 0.5) is 0 Å². The molecule has 0 aliphatic carbocycles. The highest BCUT2D eigenvalue weighted by Crippen LogP contribution is 2.83. The van der Waals surface area contributed by atoms with E-state index in [1.54, 1.807) is 0 Å². The Morgan fingerprint density at radius 1 is 0.382 bits per heavy atom. The molecule has 0 unspecified atom stereocenters. The molecule has 0 saturated heterocycles. The van der Waals surface area contributed by atoms with Crippen molar-refractivity contribution in [3.8, 4) is 0 Å². The molecule has 0 radical (unpaired) electrons. The molecule has 0 bridgehead atoms. The van der Waals surface area contributed by atoms with Crippen LogP contribution in [-0.4, -0.2) is 39.0 Å². The maximum Gasteiger partial charge on any atom is 0.118 e. The fourth-order valence-corrected chi connectivity index (χ4v) is 25.7. The van der Waals surface area contributed by atoms with Gasteiger partial charge in [-0.25, -0.2) is 0 Å². The summed E-state index contributed by atoms with van der Waals surface area (Å²) in [5, 5.41) is 6.14. The number of hydrogen-bond donors (Lipinski definition) is 0. The van der Waals surface area contributed by atoms with Crippen molar-refractivity contribution in [3.05, 3.63) is 121 Å².